The van der Waals surface area contributed by atoms with E-state index in [1.807, 2.05) is 6.07 Å². The van der Waals surface area contributed by atoms with Gasteiger partial charge in [-0.25, -0.2) is 0 Å². The fourth-order valence-electron chi connectivity index (χ4n) is 2.56. The lowest BCUT2D eigenvalue weighted by molar-refractivity contribution is 0.111. The van der Waals surface area contributed by atoms with E-state index >= 15 is 0 Å². The molecule has 0 saturated carbocycles. The van der Waals surface area contributed by atoms with Crippen molar-refractivity contribution in [2.45, 2.75) is 32.3 Å². The number of para-hydroxylation sites is 1. The highest BCUT2D eigenvalue weighted by atomic mass is 16.5. The predicted molar refractivity (Wildman–Crippen MR) is 69.2 cm³/mol. The van der Waals surface area contributed by atoms with E-state index in [9.17, 15) is 0 Å². The van der Waals surface area contributed by atoms with Crippen LogP contribution >= 0.6 is 0 Å². The van der Waals surface area contributed by atoms with Gasteiger partial charge in [0.2, 0.25) is 0 Å². The molecule has 1 aromatic carbocycles. The average molecular weight is 227 g/mol. The highest BCUT2D eigenvalue weighted by Crippen LogP contribution is 2.21. The molecule has 0 amide bonds. The number of pyridine rings is 1. The van der Waals surface area contributed by atoms with Gasteiger partial charge in [-0.2, -0.15) is 0 Å². The summed E-state index contributed by atoms with van der Waals surface area (Å²) in [4.78, 5) is 4.72. The van der Waals surface area contributed by atoms with E-state index in [1.54, 1.807) is 0 Å². The van der Waals surface area contributed by atoms with Crippen molar-refractivity contribution in [1.82, 2.24) is 4.98 Å². The summed E-state index contributed by atoms with van der Waals surface area (Å²) in [6, 6.07) is 10.5. The van der Waals surface area contributed by atoms with Crippen molar-refractivity contribution >= 4 is 10.9 Å². The highest BCUT2D eigenvalue weighted by Gasteiger charge is 2.16. The number of aryl methyl sites for hydroxylation is 1. The topological polar surface area (TPSA) is 22.1 Å². The Bertz CT molecular complexity index is 529. The maximum atomic E-state index is 5.67. The molecule has 3 rings (SSSR count). The van der Waals surface area contributed by atoms with Crippen LogP contribution in [0.25, 0.3) is 10.9 Å². The van der Waals surface area contributed by atoms with Crippen molar-refractivity contribution in [2.75, 3.05) is 6.61 Å². The number of nitrogens with zero attached hydrogens (tertiary/aromatic N) is 1. The second kappa shape index (κ2) is 4.46. The molecule has 88 valence electrons. The SMILES string of the molecule is Cc1cc(CC2CCCO2)nc2ccccc12. The molecule has 1 unspecified atom stereocenters. The summed E-state index contributed by atoms with van der Waals surface area (Å²) in [5.41, 5.74) is 3.57. The molecule has 1 atom stereocenters. The van der Waals surface area contributed by atoms with Gasteiger partial charge in [0.25, 0.3) is 0 Å². The maximum absolute atomic E-state index is 5.67. The average Bonchev–Trinajstić information content (AvgIpc) is 2.82. The normalized spacial score (nSPS) is 19.9. The Hall–Kier alpha value is -1.41. The molecule has 1 aliphatic rings. The molecule has 0 aliphatic carbocycles. The summed E-state index contributed by atoms with van der Waals surface area (Å²) in [5, 5.41) is 1.25. The molecule has 2 nitrogen and oxygen atoms in total. The van der Waals surface area contributed by atoms with Crippen LogP contribution < -0.4 is 0 Å². The molecule has 1 aromatic heterocycles. The molecular weight excluding hydrogens is 210 g/mol. The lowest BCUT2D eigenvalue weighted by atomic mass is 10.1. The van der Waals surface area contributed by atoms with Crippen LogP contribution in [0.2, 0.25) is 0 Å². The Kier molecular flexibility index (Phi) is 2.81. The van der Waals surface area contributed by atoms with Crippen LogP contribution in [0, 0.1) is 6.92 Å². The Morgan fingerprint density at radius 1 is 1.35 bits per heavy atom. The van der Waals surface area contributed by atoms with Crippen LogP contribution in [0.4, 0.5) is 0 Å². The molecule has 0 radical (unpaired) electrons. The van der Waals surface area contributed by atoms with Crippen LogP contribution in [0.15, 0.2) is 30.3 Å². The van der Waals surface area contributed by atoms with E-state index in [0.717, 1.165) is 24.2 Å². The number of rotatable bonds is 2. The minimum absolute atomic E-state index is 0.378. The minimum Gasteiger partial charge on any atom is -0.378 e. The third-order valence-electron chi connectivity index (χ3n) is 3.44. The van der Waals surface area contributed by atoms with Gasteiger partial charge in [0.05, 0.1) is 11.6 Å². The molecule has 2 aromatic rings. The van der Waals surface area contributed by atoms with Gasteiger partial charge in [-0.3, -0.25) is 4.98 Å². The molecule has 2 heterocycles. The number of fused-ring (bicyclic) bond motifs is 1. The third kappa shape index (κ3) is 2.18. The molecule has 2 heteroatoms. The lowest BCUT2D eigenvalue weighted by Crippen LogP contribution is -2.10. The fourth-order valence-corrected chi connectivity index (χ4v) is 2.56. The summed E-state index contributed by atoms with van der Waals surface area (Å²) in [6.45, 7) is 3.07. The number of ether oxygens (including phenoxy) is 1. The van der Waals surface area contributed by atoms with Gasteiger partial charge in [0.1, 0.15) is 0 Å². The van der Waals surface area contributed by atoms with Crippen molar-refractivity contribution in [2.24, 2.45) is 0 Å². The Morgan fingerprint density at radius 3 is 3.06 bits per heavy atom. The molecule has 1 saturated heterocycles. The second-order valence-electron chi connectivity index (χ2n) is 4.79. The van der Waals surface area contributed by atoms with Crippen molar-refractivity contribution in [3.63, 3.8) is 0 Å². The number of aromatic nitrogens is 1. The summed E-state index contributed by atoms with van der Waals surface area (Å²) >= 11 is 0. The maximum Gasteiger partial charge on any atom is 0.0707 e. The van der Waals surface area contributed by atoms with Gasteiger partial charge in [0.15, 0.2) is 0 Å². The van der Waals surface area contributed by atoms with Crippen molar-refractivity contribution in [3.05, 3.63) is 41.6 Å². The third-order valence-corrected chi connectivity index (χ3v) is 3.44. The molecule has 17 heavy (non-hydrogen) atoms. The molecular formula is C15H17NO. The van der Waals surface area contributed by atoms with E-state index in [1.165, 1.54) is 23.8 Å². The van der Waals surface area contributed by atoms with Crippen molar-refractivity contribution in [3.8, 4) is 0 Å². The first kappa shape index (κ1) is 10.7. The van der Waals surface area contributed by atoms with Crippen LogP contribution in [0.1, 0.15) is 24.1 Å². The molecule has 0 bridgehead atoms. The largest absolute Gasteiger partial charge is 0.378 e. The van der Waals surface area contributed by atoms with Crippen molar-refractivity contribution < 1.29 is 4.74 Å². The Balaban J connectivity index is 1.94. The quantitative estimate of drug-likeness (QED) is 0.785. The van der Waals surface area contributed by atoms with Gasteiger partial charge in [-0.15, -0.1) is 0 Å². The number of benzene rings is 1. The summed E-state index contributed by atoms with van der Waals surface area (Å²) < 4.78 is 5.67. The Morgan fingerprint density at radius 2 is 2.24 bits per heavy atom. The zero-order chi connectivity index (χ0) is 11.7. The molecule has 1 fully saturated rings. The van der Waals surface area contributed by atoms with Gasteiger partial charge < -0.3 is 4.74 Å². The van der Waals surface area contributed by atoms with Crippen LogP contribution in [0.5, 0.6) is 0 Å². The first-order valence-electron chi connectivity index (χ1n) is 6.30. The van der Waals surface area contributed by atoms with E-state index < -0.39 is 0 Å². The fraction of sp³-hybridized carbons (Fsp3) is 0.400. The first-order chi connectivity index (χ1) is 8.33. The van der Waals surface area contributed by atoms with Crippen LogP contribution in [-0.4, -0.2) is 17.7 Å². The van der Waals surface area contributed by atoms with E-state index in [0.29, 0.717) is 6.10 Å². The summed E-state index contributed by atoms with van der Waals surface area (Å²) in [6.07, 6.45) is 3.69. The zero-order valence-electron chi connectivity index (χ0n) is 10.1. The van der Waals surface area contributed by atoms with Gasteiger partial charge in [-0.1, -0.05) is 18.2 Å². The highest BCUT2D eigenvalue weighted by molar-refractivity contribution is 5.82. The molecule has 0 N–H and O–H groups in total. The number of hydrogen-bond acceptors (Lipinski definition) is 2. The van der Waals surface area contributed by atoms with E-state index in [4.69, 9.17) is 9.72 Å². The van der Waals surface area contributed by atoms with Gasteiger partial charge in [0, 0.05) is 24.1 Å². The second-order valence-corrected chi connectivity index (χ2v) is 4.79. The number of hydrogen-bond donors (Lipinski definition) is 0. The van der Waals surface area contributed by atoms with Gasteiger partial charge >= 0.3 is 0 Å². The summed E-state index contributed by atoms with van der Waals surface area (Å²) in [5.74, 6) is 0. The lowest BCUT2D eigenvalue weighted by Gasteiger charge is -2.10. The smallest absolute Gasteiger partial charge is 0.0707 e. The van der Waals surface area contributed by atoms with E-state index in [2.05, 4.69) is 31.2 Å². The van der Waals surface area contributed by atoms with Crippen molar-refractivity contribution in [1.29, 1.82) is 0 Å². The first-order valence-corrected chi connectivity index (χ1v) is 6.30. The molecule has 1 aliphatic heterocycles. The Labute approximate surface area is 102 Å². The zero-order valence-corrected chi connectivity index (χ0v) is 10.1. The standard InChI is InChI=1S/C15H17NO/c1-11-9-12(10-13-5-4-8-17-13)16-15-7-3-2-6-14(11)15/h2-3,6-7,9,13H,4-5,8,10H2,1H3. The minimum atomic E-state index is 0.378. The van der Waals surface area contributed by atoms with Gasteiger partial charge in [-0.05, 0) is 37.5 Å². The predicted octanol–water partition coefficient (Wildman–Crippen LogP) is 3.26. The van der Waals surface area contributed by atoms with Crippen LogP contribution in [0.3, 0.4) is 0 Å². The monoisotopic (exact) mass is 227 g/mol. The summed E-state index contributed by atoms with van der Waals surface area (Å²) in [7, 11) is 0. The van der Waals surface area contributed by atoms with E-state index in [-0.39, 0.29) is 0 Å². The van der Waals surface area contributed by atoms with Crippen LogP contribution in [-0.2, 0) is 11.2 Å². The molecule has 0 spiro atoms.